The van der Waals surface area contributed by atoms with Gasteiger partial charge in [0.15, 0.2) is 0 Å². The fourth-order valence-electron chi connectivity index (χ4n) is 2.54. The average molecular weight is 301 g/mol. The fourth-order valence-corrected chi connectivity index (χ4v) is 2.54. The summed E-state index contributed by atoms with van der Waals surface area (Å²) in [6, 6.07) is 6.81. The molecule has 0 radical (unpaired) electrons. The van der Waals surface area contributed by atoms with Gasteiger partial charge in [-0.05, 0) is 43.0 Å². The lowest BCUT2D eigenvalue weighted by atomic mass is 9.92. The van der Waals surface area contributed by atoms with Crippen LogP contribution in [-0.4, -0.2) is 40.2 Å². The number of carbonyl (C=O) groups is 1. The van der Waals surface area contributed by atoms with Crippen LogP contribution in [0.4, 0.5) is 5.69 Å². The minimum Gasteiger partial charge on any atom is -0.381 e. The van der Waals surface area contributed by atoms with Crippen LogP contribution in [0.15, 0.2) is 36.7 Å². The number of aromatic nitrogens is 3. The molecule has 7 heteroatoms. The number of nitrogens with one attached hydrogen (secondary N) is 1. The molecule has 22 heavy (non-hydrogen) atoms. The molecule has 1 aliphatic heterocycles. The van der Waals surface area contributed by atoms with E-state index in [9.17, 15) is 4.79 Å². The number of ether oxygens (including phenoxy) is 1. The van der Waals surface area contributed by atoms with Crippen LogP contribution >= 0.6 is 0 Å². The summed E-state index contributed by atoms with van der Waals surface area (Å²) < 4.78 is 5.30. The smallest absolute Gasteiger partial charge is 0.241 e. The van der Waals surface area contributed by atoms with Gasteiger partial charge >= 0.3 is 0 Å². The summed E-state index contributed by atoms with van der Waals surface area (Å²) in [5.41, 5.74) is 7.60. The second-order valence-electron chi connectivity index (χ2n) is 5.33. The van der Waals surface area contributed by atoms with Crippen LogP contribution in [0.25, 0.3) is 5.69 Å². The van der Waals surface area contributed by atoms with E-state index in [0.717, 1.165) is 18.5 Å². The van der Waals surface area contributed by atoms with Gasteiger partial charge in [0.05, 0.1) is 24.1 Å². The Morgan fingerprint density at radius 3 is 2.50 bits per heavy atom. The van der Waals surface area contributed by atoms with E-state index in [2.05, 4.69) is 15.5 Å². The molecule has 1 unspecified atom stereocenters. The predicted octanol–water partition coefficient (Wildman–Crippen LogP) is 0.960. The SMILES string of the molecule is NC(C(=O)Nc1ccc(-n2nccn2)cc1)C1CCOCC1. The number of carbonyl (C=O) groups excluding carboxylic acids is 1. The van der Waals surface area contributed by atoms with Gasteiger partial charge in [-0.2, -0.15) is 15.0 Å². The lowest BCUT2D eigenvalue weighted by molar-refractivity contribution is -0.119. The van der Waals surface area contributed by atoms with Crippen molar-refractivity contribution in [2.75, 3.05) is 18.5 Å². The Bertz CT molecular complexity index is 605. The summed E-state index contributed by atoms with van der Waals surface area (Å²) in [6.07, 6.45) is 4.89. The molecular weight excluding hydrogens is 282 g/mol. The van der Waals surface area contributed by atoms with Crippen molar-refractivity contribution >= 4 is 11.6 Å². The van der Waals surface area contributed by atoms with Crippen molar-refractivity contribution in [3.63, 3.8) is 0 Å². The molecule has 1 saturated heterocycles. The van der Waals surface area contributed by atoms with Crippen LogP contribution in [0, 0.1) is 5.92 Å². The largest absolute Gasteiger partial charge is 0.381 e. The van der Waals surface area contributed by atoms with Crippen molar-refractivity contribution in [3.05, 3.63) is 36.7 Å². The highest BCUT2D eigenvalue weighted by Crippen LogP contribution is 2.19. The first-order valence-corrected chi connectivity index (χ1v) is 7.35. The van der Waals surface area contributed by atoms with E-state index >= 15 is 0 Å². The van der Waals surface area contributed by atoms with E-state index in [0.29, 0.717) is 18.9 Å². The zero-order valence-electron chi connectivity index (χ0n) is 12.2. The highest BCUT2D eigenvalue weighted by atomic mass is 16.5. The molecule has 1 aliphatic rings. The molecule has 3 rings (SSSR count). The van der Waals surface area contributed by atoms with Crippen LogP contribution in [0.1, 0.15) is 12.8 Å². The maximum atomic E-state index is 12.2. The molecule has 3 N–H and O–H groups in total. The summed E-state index contributed by atoms with van der Waals surface area (Å²) in [7, 11) is 0. The molecule has 1 fully saturated rings. The Balaban J connectivity index is 1.61. The standard InChI is InChI=1S/C15H19N5O2/c16-14(11-5-9-22-10-6-11)15(21)19-12-1-3-13(4-2-12)20-17-7-8-18-20/h1-4,7-8,11,14H,5-6,9-10,16H2,(H,19,21). The van der Waals surface area contributed by atoms with Gasteiger partial charge in [-0.15, -0.1) is 0 Å². The highest BCUT2D eigenvalue weighted by Gasteiger charge is 2.26. The van der Waals surface area contributed by atoms with E-state index in [1.807, 2.05) is 24.3 Å². The summed E-state index contributed by atoms with van der Waals surface area (Å²) >= 11 is 0. The van der Waals surface area contributed by atoms with Gasteiger partial charge in [-0.1, -0.05) is 0 Å². The molecule has 1 amide bonds. The molecule has 7 nitrogen and oxygen atoms in total. The third kappa shape index (κ3) is 3.32. The van der Waals surface area contributed by atoms with Crippen molar-refractivity contribution in [2.24, 2.45) is 11.7 Å². The Morgan fingerprint density at radius 1 is 1.23 bits per heavy atom. The molecule has 1 atom stereocenters. The van der Waals surface area contributed by atoms with E-state index < -0.39 is 6.04 Å². The van der Waals surface area contributed by atoms with Gasteiger partial charge in [-0.3, -0.25) is 4.79 Å². The summed E-state index contributed by atoms with van der Waals surface area (Å²) in [5.74, 6) is 0.0261. The van der Waals surface area contributed by atoms with Crippen LogP contribution in [0.2, 0.25) is 0 Å². The van der Waals surface area contributed by atoms with E-state index in [-0.39, 0.29) is 11.8 Å². The van der Waals surface area contributed by atoms with E-state index in [4.69, 9.17) is 10.5 Å². The van der Waals surface area contributed by atoms with Crippen LogP contribution < -0.4 is 11.1 Å². The lowest BCUT2D eigenvalue weighted by Gasteiger charge is -2.26. The number of hydrogen-bond acceptors (Lipinski definition) is 5. The fraction of sp³-hybridized carbons (Fsp3) is 0.400. The average Bonchev–Trinajstić information content (AvgIpc) is 3.10. The van der Waals surface area contributed by atoms with Crippen LogP contribution in [-0.2, 0) is 9.53 Å². The van der Waals surface area contributed by atoms with Gasteiger partial charge in [0.25, 0.3) is 0 Å². The van der Waals surface area contributed by atoms with Gasteiger partial charge in [-0.25, -0.2) is 0 Å². The number of anilines is 1. The summed E-state index contributed by atoms with van der Waals surface area (Å²) in [6.45, 7) is 1.36. The first-order valence-electron chi connectivity index (χ1n) is 7.35. The maximum absolute atomic E-state index is 12.2. The minimum atomic E-state index is -0.503. The van der Waals surface area contributed by atoms with E-state index in [1.165, 1.54) is 4.80 Å². The highest BCUT2D eigenvalue weighted by molar-refractivity contribution is 5.94. The number of nitrogens with two attached hydrogens (primary N) is 1. The van der Waals surface area contributed by atoms with Gasteiger partial charge in [0.1, 0.15) is 0 Å². The number of hydrogen-bond donors (Lipinski definition) is 2. The topological polar surface area (TPSA) is 95.1 Å². The molecule has 0 aliphatic carbocycles. The monoisotopic (exact) mass is 301 g/mol. The van der Waals surface area contributed by atoms with E-state index in [1.54, 1.807) is 12.4 Å². The van der Waals surface area contributed by atoms with Crippen molar-refractivity contribution in [2.45, 2.75) is 18.9 Å². The molecule has 2 heterocycles. The second-order valence-corrected chi connectivity index (χ2v) is 5.33. The second kappa shape index (κ2) is 6.67. The van der Waals surface area contributed by atoms with Crippen LogP contribution in [0.5, 0.6) is 0 Å². The molecule has 2 aromatic rings. The number of nitrogens with zero attached hydrogens (tertiary/aromatic N) is 3. The molecule has 0 spiro atoms. The van der Waals surface area contributed by atoms with Crippen molar-refractivity contribution in [1.82, 2.24) is 15.0 Å². The molecule has 116 valence electrons. The third-order valence-electron chi connectivity index (χ3n) is 3.86. The number of rotatable bonds is 4. The Morgan fingerprint density at radius 2 is 1.86 bits per heavy atom. The van der Waals surface area contributed by atoms with Crippen molar-refractivity contribution < 1.29 is 9.53 Å². The molecule has 0 bridgehead atoms. The molecular formula is C15H19N5O2. The molecule has 1 aromatic carbocycles. The van der Waals surface area contributed by atoms with Gasteiger partial charge in [0, 0.05) is 18.9 Å². The Labute approximate surface area is 128 Å². The third-order valence-corrected chi connectivity index (χ3v) is 3.86. The molecule has 0 saturated carbocycles. The van der Waals surface area contributed by atoms with Crippen molar-refractivity contribution in [3.8, 4) is 5.69 Å². The predicted molar refractivity (Wildman–Crippen MR) is 81.5 cm³/mol. The van der Waals surface area contributed by atoms with Gasteiger partial charge in [0.2, 0.25) is 5.91 Å². The zero-order chi connectivity index (χ0) is 15.4. The Hall–Kier alpha value is -2.25. The summed E-state index contributed by atoms with van der Waals surface area (Å²) in [4.78, 5) is 13.7. The quantitative estimate of drug-likeness (QED) is 0.877. The zero-order valence-corrected chi connectivity index (χ0v) is 12.2. The number of amides is 1. The normalized spacial score (nSPS) is 17.1. The lowest BCUT2D eigenvalue weighted by Crippen LogP contribution is -2.43. The summed E-state index contributed by atoms with van der Waals surface area (Å²) in [5, 5.41) is 11.0. The first-order chi connectivity index (χ1) is 10.7. The first kappa shape index (κ1) is 14.7. The van der Waals surface area contributed by atoms with Gasteiger partial charge < -0.3 is 15.8 Å². The van der Waals surface area contributed by atoms with Crippen molar-refractivity contribution in [1.29, 1.82) is 0 Å². The molecule has 1 aromatic heterocycles. The minimum absolute atomic E-state index is 0.156. The van der Waals surface area contributed by atoms with Crippen LogP contribution in [0.3, 0.4) is 0 Å². The Kier molecular flexibility index (Phi) is 4.45. The number of benzene rings is 1. The maximum Gasteiger partial charge on any atom is 0.241 e.